The van der Waals surface area contributed by atoms with Gasteiger partial charge in [0.25, 0.3) is 11.8 Å². The van der Waals surface area contributed by atoms with E-state index in [9.17, 15) is 19.2 Å². The van der Waals surface area contributed by atoms with Crippen LogP contribution in [-0.2, 0) is 19.8 Å². The van der Waals surface area contributed by atoms with Crippen LogP contribution in [0.3, 0.4) is 0 Å². The molecule has 0 spiro atoms. The molecule has 1 aliphatic carbocycles. The fourth-order valence-electron chi connectivity index (χ4n) is 5.81. The van der Waals surface area contributed by atoms with Crippen molar-refractivity contribution >= 4 is 52.5 Å². The summed E-state index contributed by atoms with van der Waals surface area (Å²) in [5, 5.41) is 10.1. The largest absolute Gasteiger partial charge is 0.369 e. The number of carbonyl (C=O) groups excluding carboxylic acids is 4. The van der Waals surface area contributed by atoms with Gasteiger partial charge in [0, 0.05) is 41.5 Å². The highest BCUT2D eigenvalue weighted by Crippen LogP contribution is 2.49. The third-order valence-electron chi connectivity index (χ3n) is 8.94. The van der Waals surface area contributed by atoms with Crippen LogP contribution in [0.25, 0.3) is 11.6 Å². The monoisotopic (exact) mass is 629 g/mol. The van der Waals surface area contributed by atoms with Crippen LogP contribution in [0.2, 0.25) is 0 Å². The van der Waals surface area contributed by atoms with Gasteiger partial charge in [-0.1, -0.05) is 39.8 Å². The van der Waals surface area contributed by atoms with Gasteiger partial charge in [0.2, 0.25) is 11.8 Å². The molecule has 12 heteroatoms. The van der Waals surface area contributed by atoms with E-state index in [-0.39, 0.29) is 23.0 Å². The summed E-state index contributed by atoms with van der Waals surface area (Å²) in [7, 11) is 0. The Morgan fingerprint density at radius 1 is 1.13 bits per heavy atom. The fourth-order valence-corrected chi connectivity index (χ4v) is 5.81. The van der Waals surface area contributed by atoms with E-state index in [1.54, 1.807) is 30.3 Å². The van der Waals surface area contributed by atoms with Crippen molar-refractivity contribution in [1.82, 2.24) is 20.4 Å². The van der Waals surface area contributed by atoms with Crippen molar-refractivity contribution < 1.29 is 23.7 Å². The maximum absolute atomic E-state index is 13.9. The highest BCUT2D eigenvalue weighted by molar-refractivity contribution is 6.35. The highest BCUT2D eigenvalue weighted by atomic mass is 16.5. The Bertz CT molecular complexity index is 1730. The van der Waals surface area contributed by atoms with Gasteiger partial charge in [-0.2, -0.15) is 0 Å². The zero-order valence-electron chi connectivity index (χ0n) is 27.6. The first-order valence-corrected chi connectivity index (χ1v) is 15.7. The second-order valence-electron chi connectivity index (χ2n) is 13.1. The lowest BCUT2D eigenvalue weighted by atomic mass is 9.93. The van der Waals surface area contributed by atoms with Crippen LogP contribution in [0, 0.1) is 19.3 Å². The Morgan fingerprint density at radius 2 is 1.83 bits per heavy atom. The van der Waals surface area contributed by atoms with Gasteiger partial charge in [-0.3, -0.25) is 24.1 Å². The molecule has 1 aliphatic heterocycles. The molecule has 0 radical (unpaired) electrons. The van der Waals surface area contributed by atoms with Crippen molar-refractivity contribution in [3.05, 3.63) is 58.1 Å². The number of H-pyrrole nitrogens is 1. The highest BCUT2D eigenvalue weighted by Gasteiger charge is 2.58. The molecule has 2 aromatic heterocycles. The number of nitrogens with one attached hydrogen (secondary N) is 3. The molecule has 0 unspecified atom stereocenters. The maximum Gasteiger partial charge on any atom is 0.256 e. The number of likely N-dealkylation sites (N-methyl/N-ethyl adjacent to an activating group) is 1. The molecule has 0 bridgehead atoms. The standard InChI is InChI=1S/C34H43N7O5/c1-8-40(9-2)15-14-36-30(43)28-19(3)24(37-20(28)4)17-23-22-11-10-21(16-25(22)38-29(23)42)41(32(45)34(12-13-34)31(35)44)27-18-26(46-39-27)33(5,6)7/h10-11,16-18,37H,8-9,12-15H2,1-7H3,(H2,35,44)(H,36,43)(H,38,42). The normalized spacial score (nSPS) is 16.0. The fraction of sp³-hybridized carbons (Fsp3) is 0.441. The maximum atomic E-state index is 13.9. The second kappa shape index (κ2) is 12.2. The predicted octanol–water partition coefficient (Wildman–Crippen LogP) is 4.41. The number of fused-ring (bicyclic) bond motifs is 1. The molecule has 46 heavy (non-hydrogen) atoms. The Morgan fingerprint density at radius 3 is 2.41 bits per heavy atom. The van der Waals surface area contributed by atoms with Gasteiger partial charge in [-0.15, -0.1) is 0 Å². The first-order chi connectivity index (χ1) is 21.7. The number of nitrogens with zero attached hydrogens (tertiary/aromatic N) is 3. The molecule has 3 aromatic rings. The zero-order valence-corrected chi connectivity index (χ0v) is 27.6. The number of primary amides is 1. The summed E-state index contributed by atoms with van der Waals surface area (Å²) in [6, 6.07) is 6.81. The van der Waals surface area contributed by atoms with Crippen molar-refractivity contribution in [2.75, 3.05) is 36.4 Å². The summed E-state index contributed by atoms with van der Waals surface area (Å²) >= 11 is 0. The number of aromatic amines is 1. The average molecular weight is 630 g/mol. The Balaban J connectivity index is 1.46. The van der Waals surface area contributed by atoms with Crippen molar-refractivity contribution in [2.24, 2.45) is 11.1 Å². The number of nitrogens with two attached hydrogens (primary N) is 1. The molecule has 5 N–H and O–H groups in total. The van der Waals surface area contributed by atoms with E-state index in [1.165, 1.54) is 4.90 Å². The number of anilines is 3. The molecule has 2 aliphatic rings. The van der Waals surface area contributed by atoms with Crippen LogP contribution < -0.4 is 21.3 Å². The van der Waals surface area contributed by atoms with E-state index in [4.69, 9.17) is 10.3 Å². The molecule has 1 aromatic carbocycles. The van der Waals surface area contributed by atoms with Gasteiger partial charge in [0.1, 0.15) is 11.2 Å². The Kier molecular flexibility index (Phi) is 8.69. The molecule has 0 atom stereocenters. The molecule has 1 fully saturated rings. The van der Waals surface area contributed by atoms with Crippen LogP contribution in [0.5, 0.6) is 0 Å². The van der Waals surface area contributed by atoms with Crippen LogP contribution in [0.4, 0.5) is 17.2 Å². The van der Waals surface area contributed by atoms with Crippen molar-refractivity contribution in [3.8, 4) is 0 Å². The molecule has 244 valence electrons. The van der Waals surface area contributed by atoms with Crippen LogP contribution in [0.1, 0.15) is 86.1 Å². The summed E-state index contributed by atoms with van der Waals surface area (Å²) in [5.41, 5.74) is 8.57. The lowest BCUT2D eigenvalue weighted by molar-refractivity contribution is -0.133. The Labute approximate surface area is 268 Å². The smallest absolute Gasteiger partial charge is 0.256 e. The SMILES string of the molecule is CCN(CC)CCNC(=O)c1c(C)[nH]c(C=C2C(=O)Nc3cc(N(C(=O)C4(C(N)=O)CC4)c4cc(C(C)(C)C)on4)ccc32)c1C. The van der Waals surface area contributed by atoms with E-state index in [0.717, 1.165) is 25.2 Å². The molecule has 12 nitrogen and oxygen atoms in total. The van der Waals surface area contributed by atoms with Gasteiger partial charge >= 0.3 is 0 Å². The summed E-state index contributed by atoms with van der Waals surface area (Å²) in [5.74, 6) is -0.875. The van der Waals surface area contributed by atoms with Crippen LogP contribution in [0.15, 0.2) is 28.8 Å². The van der Waals surface area contributed by atoms with Crippen molar-refractivity contribution in [2.45, 2.75) is 66.7 Å². The number of carbonyl (C=O) groups is 4. The van der Waals surface area contributed by atoms with E-state index in [2.05, 4.69) is 39.5 Å². The van der Waals surface area contributed by atoms with Crippen molar-refractivity contribution in [1.29, 1.82) is 0 Å². The van der Waals surface area contributed by atoms with Crippen molar-refractivity contribution in [3.63, 3.8) is 0 Å². The first-order valence-electron chi connectivity index (χ1n) is 15.7. The molecule has 1 saturated carbocycles. The number of amides is 4. The van der Waals surface area contributed by atoms with Gasteiger partial charge in [-0.25, -0.2) is 0 Å². The topological polar surface area (TPSA) is 167 Å². The summed E-state index contributed by atoms with van der Waals surface area (Å²) < 4.78 is 5.58. The minimum Gasteiger partial charge on any atom is -0.369 e. The number of aryl methyl sites for hydroxylation is 1. The minimum atomic E-state index is -1.31. The third-order valence-corrected chi connectivity index (χ3v) is 8.94. The molecule has 3 heterocycles. The molecule has 5 rings (SSSR count). The Hall–Kier alpha value is -4.71. The second-order valence-corrected chi connectivity index (χ2v) is 13.1. The number of rotatable bonds is 11. The van der Waals surface area contributed by atoms with E-state index < -0.39 is 17.2 Å². The third kappa shape index (κ3) is 5.96. The lowest BCUT2D eigenvalue weighted by Crippen LogP contribution is -2.41. The van der Waals surface area contributed by atoms with Gasteiger partial charge in [-0.05, 0) is 69.6 Å². The molecule has 0 saturated heterocycles. The number of aromatic nitrogens is 2. The minimum absolute atomic E-state index is 0.166. The molecular formula is C34H43N7O5. The number of hydrogen-bond acceptors (Lipinski definition) is 7. The quantitative estimate of drug-likeness (QED) is 0.180. The number of hydrogen-bond donors (Lipinski definition) is 4. The van der Waals surface area contributed by atoms with E-state index in [0.29, 0.717) is 64.6 Å². The van der Waals surface area contributed by atoms with Crippen LogP contribution >= 0.6 is 0 Å². The van der Waals surface area contributed by atoms with Crippen LogP contribution in [-0.4, -0.2) is 64.8 Å². The van der Waals surface area contributed by atoms with Gasteiger partial charge < -0.3 is 30.8 Å². The summed E-state index contributed by atoms with van der Waals surface area (Å²) in [6.07, 6.45) is 2.43. The summed E-state index contributed by atoms with van der Waals surface area (Å²) in [6.45, 7) is 16.9. The van der Waals surface area contributed by atoms with E-state index in [1.807, 2.05) is 34.6 Å². The zero-order chi connectivity index (χ0) is 33.6. The van der Waals surface area contributed by atoms with E-state index >= 15 is 0 Å². The average Bonchev–Trinajstić information content (AvgIpc) is 3.44. The first kappa shape index (κ1) is 32.7. The van der Waals surface area contributed by atoms with Gasteiger partial charge in [0.15, 0.2) is 5.82 Å². The lowest BCUT2D eigenvalue weighted by Gasteiger charge is -2.24. The summed E-state index contributed by atoms with van der Waals surface area (Å²) in [4.78, 5) is 59.4. The predicted molar refractivity (Wildman–Crippen MR) is 177 cm³/mol. The molecule has 4 amide bonds. The number of benzene rings is 1. The van der Waals surface area contributed by atoms with Gasteiger partial charge in [0.05, 0.1) is 22.5 Å². The molecular weight excluding hydrogens is 586 g/mol.